The van der Waals surface area contributed by atoms with Crippen molar-refractivity contribution < 1.29 is 4.39 Å². The quantitative estimate of drug-likeness (QED) is 0.594. The highest BCUT2D eigenvalue weighted by Gasteiger charge is 2.08. The van der Waals surface area contributed by atoms with Crippen LogP contribution in [-0.2, 0) is 6.54 Å². The molecule has 1 aromatic heterocycles. The Bertz CT molecular complexity index is 763. The van der Waals surface area contributed by atoms with Gasteiger partial charge in [0.2, 0.25) is 0 Å². The molecule has 1 heterocycles. The zero-order chi connectivity index (χ0) is 14.8. The molecule has 0 unspecified atom stereocenters. The van der Waals surface area contributed by atoms with E-state index in [1.807, 2.05) is 19.2 Å². The lowest BCUT2D eigenvalue weighted by Crippen LogP contribution is -2.03. The zero-order valence-corrected chi connectivity index (χ0v) is 13.7. The molecule has 2 aromatic carbocycles. The van der Waals surface area contributed by atoms with Crippen LogP contribution < -0.4 is 0 Å². The van der Waals surface area contributed by atoms with Gasteiger partial charge in [0.1, 0.15) is 11.6 Å². The molecule has 0 N–H and O–H groups in total. The summed E-state index contributed by atoms with van der Waals surface area (Å²) in [5, 5.41) is 0. The summed E-state index contributed by atoms with van der Waals surface area (Å²) in [6, 6.07) is 13.2. The van der Waals surface area contributed by atoms with E-state index in [9.17, 15) is 4.39 Å². The van der Waals surface area contributed by atoms with Crippen LogP contribution in [0.3, 0.4) is 0 Å². The summed E-state index contributed by atoms with van der Waals surface area (Å²) < 4.78 is 16.5. The fraction of sp³-hybridized carbons (Fsp3) is 0.118. The standard InChI is InChI=1S/C17H14FIN2/c1-12-10-15(18)5-2-14(12)11-21-9-8-20-17(21)13-3-6-16(19)7-4-13/h2-10H,11H2,1H3. The van der Waals surface area contributed by atoms with Crippen LogP contribution in [0, 0.1) is 16.3 Å². The monoisotopic (exact) mass is 392 g/mol. The Morgan fingerprint density at radius 1 is 1.14 bits per heavy atom. The van der Waals surface area contributed by atoms with Gasteiger partial charge in [-0.2, -0.15) is 0 Å². The summed E-state index contributed by atoms with van der Waals surface area (Å²) in [5.74, 6) is 0.731. The summed E-state index contributed by atoms with van der Waals surface area (Å²) in [5.41, 5.74) is 3.14. The maximum absolute atomic E-state index is 13.2. The second kappa shape index (κ2) is 5.97. The van der Waals surface area contributed by atoms with Crippen LogP contribution in [0.25, 0.3) is 11.4 Å². The number of nitrogens with zero attached hydrogens (tertiary/aromatic N) is 2. The van der Waals surface area contributed by atoms with Gasteiger partial charge < -0.3 is 4.57 Å². The van der Waals surface area contributed by atoms with Crippen LogP contribution in [0.15, 0.2) is 54.9 Å². The van der Waals surface area contributed by atoms with Gasteiger partial charge in [-0.1, -0.05) is 18.2 Å². The van der Waals surface area contributed by atoms with Crippen LogP contribution in [0.4, 0.5) is 4.39 Å². The minimum atomic E-state index is -0.195. The molecule has 0 fully saturated rings. The molecule has 0 amide bonds. The Balaban J connectivity index is 1.94. The SMILES string of the molecule is Cc1cc(F)ccc1Cn1ccnc1-c1ccc(I)cc1. The van der Waals surface area contributed by atoms with Gasteiger partial charge in [0, 0.05) is 28.1 Å². The van der Waals surface area contributed by atoms with Crippen molar-refractivity contribution in [2.24, 2.45) is 0 Å². The highest BCUT2D eigenvalue weighted by Crippen LogP contribution is 2.21. The first kappa shape index (κ1) is 14.3. The second-order valence-corrected chi connectivity index (χ2v) is 6.20. The van der Waals surface area contributed by atoms with Gasteiger partial charge >= 0.3 is 0 Å². The van der Waals surface area contributed by atoms with Crippen molar-refractivity contribution in [1.29, 1.82) is 0 Å². The Morgan fingerprint density at radius 2 is 1.90 bits per heavy atom. The van der Waals surface area contributed by atoms with Gasteiger partial charge in [-0.25, -0.2) is 9.37 Å². The van der Waals surface area contributed by atoms with Gasteiger partial charge in [0.15, 0.2) is 0 Å². The smallest absolute Gasteiger partial charge is 0.140 e. The molecule has 21 heavy (non-hydrogen) atoms. The number of benzene rings is 2. The van der Waals surface area contributed by atoms with Crippen LogP contribution in [0.5, 0.6) is 0 Å². The topological polar surface area (TPSA) is 17.8 Å². The van der Waals surface area contributed by atoms with E-state index in [1.165, 1.54) is 9.64 Å². The summed E-state index contributed by atoms with van der Waals surface area (Å²) >= 11 is 2.29. The van der Waals surface area contributed by atoms with Crippen LogP contribution in [0.2, 0.25) is 0 Å². The fourth-order valence-electron chi connectivity index (χ4n) is 2.32. The first-order valence-electron chi connectivity index (χ1n) is 6.65. The average molecular weight is 392 g/mol. The van der Waals surface area contributed by atoms with Gasteiger partial charge in [0.25, 0.3) is 0 Å². The maximum Gasteiger partial charge on any atom is 0.140 e. The van der Waals surface area contributed by atoms with Crippen molar-refractivity contribution in [2.75, 3.05) is 0 Å². The Hall–Kier alpha value is -1.69. The molecule has 0 spiro atoms. The third-order valence-corrected chi connectivity index (χ3v) is 4.18. The van der Waals surface area contributed by atoms with E-state index in [-0.39, 0.29) is 5.82 Å². The van der Waals surface area contributed by atoms with E-state index in [0.717, 1.165) is 22.5 Å². The van der Waals surface area contributed by atoms with Gasteiger partial charge in [0.05, 0.1) is 0 Å². The number of imidazole rings is 1. The largest absolute Gasteiger partial charge is 0.327 e. The van der Waals surface area contributed by atoms with Crippen molar-refractivity contribution >= 4 is 22.6 Å². The molecule has 0 radical (unpaired) electrons. The van der Waals surface area contributed by atoms with Crippen molar-refractivity contribution in [3.8, 4) is 11.4 Å². The molecule has 106 valence electrons. The Morgan fingerprint density at radius 3 is 2.62 bits per heavy atom. The molecule has 2 nitrogen and oxygen atoms in total. The molecule has 0 saturated heterocycles. The summed E-state index contributed by atoms with van der Waals surface area (Å²) in [7, 11) is 0. The number of hydrogen-bond donors (Lipinski definition) is 0. The van der Waals surface area contributed by atoms with Crippen molar-refractivity contribution in [1.82, 2.24) is 9.55 Å². The maximum atomic E-state index is 13.2. The van der Waals surface area contributed by atoms with Crippen molar-refractivity contribution in [3.63, 3.8) is 0 Å². The number of aryl methyl sites for hydroxylation is 1. The molecule has 3 aromatic rings. The normalized spacial score (nSPS) is 10.8. The molecule has 0 atom stereocenters. The van der Waals surface area contributed by atoms with Gasteiger partial charge in [-0.05, 0) is 64.9 Å². The van der Waals surface area contributed by atoms with E-state index in [0.29, 0.717) is 6.54 Å². The lowest BCUT2D eigenvalue weighted by Gasteiger charge is -2.10. The lowest BCUT2D eigenvalue weighted by atomic mass is 10.1. The third kappa shape index (κ3) is 3.15. The van der Waals surface area contributed by atoms with Crippen molar-refractivity contribution in [2.45, 2.75) is 13.5 Å². The number of halogens is 2. The number of rotatable bonds is 3. The predicted molar refractivity (Wildman–Crippen MR) is 90.6 cm³/mol. The molecule has 0 aliphatic carbocycles. The van der Waals surface area contributed by atoms with Crippen molar-refractivity contribution in [3.05, 3.63) is 75.4 Å². The van der Waals surface area contributed by atoms with Gasteiger partial charge in [-0.3, -0.25) is 0 Å². The zero-order valence-electron chi connectivity index (χ0n) is 11.6. The highest BCUT2D eigenvalue weighted by molar-refractivity contribution is 14.1. The van der Waals surface area contributed by atoms with E-state index in [2.05, 4.69) is 56.4 Å². The molecular weight excluding hydrogens is 378 g/mol. The lowest BCUT2D eigenvalue weighted by molar-refractivity contribution is 0.624. The Labute approximate surface area is 136 Å². The summed E-state index contributed by atoms with van der Waals surface area (Å²) in [4.78, 5) is 4.45. The predicted octanol–water partition coefficient (Wildman–Crippen LogP) is 4.65. The van der Waals surface area contributed by atoms with E-state index in [1.54, 1.807) is 12.3 Å². The van der Waals surface area contributed by atoms with E-state index in [4.69, 9.17) is 0 Å². The minimum absolute atomic E-state index is 0.195. The first-order valence-corrected chi connectivity index (χ1v) is 7.73. The molecule has 0 aliphatic heterocycles. The highest BCUT2D eigenvalue weighted by atomic mass is 127. The van der Waals surface area contributed by atoms with Crippen LogP contribution in [0.1, 0.15) is 11.1 Å². The third-order valence-electron chi connectivity index (χ3n) is 3.46. The van der Waals surface area contributed by atoms with E-state index >= 15 is 0 Å². The fourth-order valence-corrected chi connectivity index (χ4v) is 2.68. The summed E-state index contributed by atoms with van der Waals surface area (Å²) in [6.07, 6.45) is 3.75. The molecule has 0 bridgehead atoms. The molecule has 3 rings (SSSR count). The number of hydrogen-bond acceptors (Lipinski definition) is 1. The molecular formula is C17H14FIN2. The Kier molecular flexibility index (Phi) is 4.05. The average Bonchev–Trinajstić information content (AvgIpc) is 2.91. The molecule has 0 aliphatic rings. The van der Waals surface area contributed by atoms with Gasteiger partial charge in [-0.15, -0.1) is 0 Å². The number of aromatic nitrogens is 2. The second-order valence-electron chi connectivity index (χ2n) is 4.96. The summed E-state index contributed by atoms with van der Waals surface area (Å²) in [6.45, 7) is 2.62. The van der Waals surface area contributed by atoms with Crippen LogP contribution in [-0.4, -0.2) is 9.55 Å². The van der Waals surface area contributed by atoms with Crippen LogP contribution >= 0.6 is 22.6 Å². The minimum Gasteiger partial charge on any atom is -0.327 e. The first-order chi connectivity index (χ1) is 10.1. The molecule has 0 saturated carbocycles. The van der Waals surface area contributed by atoms with E-state index < -0.39 is 0 Å². The molecule has 4 heteroatoms.